The lowest BCUT2D eigenvalue weighted by molar-refractivity contribution is 0.621. The Morgan fingerprint density at radius 2 is 1.56 bits per heavy atom. The van der Waals surface area contributed by atoms with Crippen molar-refractivity contribution in [3.63, 3.8) is 0 Å². The van der Waals surface area contributed by atoms with Crippen molar-refractivity contribution in [2.45, 2.75) is 19.8 Å². The van der Waals surface area contributed by atoms with Gasteiger partial charge in [0.1, 0.15) is 17.5 Å². The minimum absolute atomic E-state index is 0.233. The van der Waals surface area contributed by atoms with Gasteiger partial charge in [0.25, 0.3) is 0 Å². The monoisotopic (exact) mass is 426 g/mol. The number of rotatable bonds is 4. The Bertz CT molecular complexity index is 1370. The summed E-state index contributed by atoms with van der Waals surface area (Å²) in [5.74, 6) is 4.62. The molecule has 0 nitrogen and oxygen atoms in total. The quantitative estimate of drug-likeness (QED) is 0.230. The summed E-state index contributed by atoms with van der Waals surface area (Å²) in [4.78, 5) is 0. The molecule has 0 saturated carbocycles. The molecular weight excluding hydrogens is 405 g/mol. The van der Waals surface area contributed by atoms with Crippen LogP contribution < -0.4 is 0 Å². The first-order chi connectivity index (χ1) is 15.5. The van der Waals surface area contributed by atoms with E-state index in [9.17, 15) is 13.2 Å². The second-order valence-electron chi connectivity index (χ2n) is 7.57. The zero-order chi connectivity index (χ0) is 22.5. The number of allylic oxidation sites excluding steroid dienone is 2. The summed E-state index contributed by atoms with van der Waals surface area (Å²) < 4.78 is 42.6. The summed E-state index contributed by atoms with van der Waals surface area (Å²) in [6, 6.07) is 19.6. The Hall–Kier alpha value is -3.77. The van der Waals surface area contributed by atoms with Crippen LogP contribution in [0.4, 0.5) is 13.2 Å². The van der Waals surface area contributed by atoms with Gasteiger partial charge in [0.05, 0.1) is 5.56 Å². The van der Waals surface area contributed by atoms with Gasteiger partial charge in [-0.05, 0) is 84.1 Å². The Morgan fingerprint density at radius 3 is 2.34 bits per heavy atom. The second-order valence-corrected chi connectivity index (χ2v) is 7.57. The van der Waals surface area contributed by atoms with Gasteiger partial charge in [-0.25, -0.2) is 13.2 Å². The molecule has 0 bridgehead atoms. The number of halogens is 3. The molecule has 4 aromatic carbocycles. The van der Waals surface area contributed by atoms with Crippen molar-refractivity contribution in [1.82, 2.24) is 0 Å². The van der Waals surface area contributed by atoms with Crippen molar-refractivity contribution < 1.29 is 13.2 Å². The summed E-state index contributed by atoms with van der Waals surface area (Å²) >= 11 is 0. The summed E-state index contributed by atoms with van der Waals surface area (Å²) in [6.45, 7) is 1.95. The molecular formula is C29H21F3. The number of fused-ring (bicyclic) bond motifs is 1. The molecule has 3 heteroatoms. The first kappa shape index (κ1) is 21.5. The number of benzene rings is 4. The van der Waals surface area contributed by atoms with E-state index >= 15 is 0 Å². The minimum atomic E-state index is -0.505. The van der Waals surface area contributed by atoms with Crippen molar-refractivity contribution in [2.24, 2.45) is 0 Å². The average Bonchev–Trinajstić information content (AvgIpc) is 2.78. The van der Waals surface area contributed by atoms with Crippen LogP contribution in [-0.4, -0.2) is 0 Å². The normalized spacial score (nSPS) is 11.0. The van der Waals surface area contributed by atoms with Crippen LogP contribution >= 0.6 is 0 Å². The molecule has 0 saturated heterocycles. The second kappa shape index (κ2) is 9.58. The molecule has 0 fully saturated rings. The van der Waals surface area contributed by atoms with E-state index in [1.54, 1.807) is 36.4 Å². The van der Waals surface area contributed by atoms with E-state index in [4.69, 9.17) is 0 Å². The van der Waals surface area contributed by atoms with Crippen LogP contribution in [0.25, 0.3) is 21.9 Å². The maximum Gasteiger partial charge on any atom is 0.139 e. The van der Waals surface area contributed by atoms with E-state index in [0.717, 1.165) is 29.2 Å². The summed E-state index contributed by atoms with van der Waals surface area (Å²) in [7, 11) is 0. The molecule has 0 heterocycles. The molecule has 0 aliphatic rings. The first-order valence-corrected chi connectivity index (χ1v) is 10.4. The summed E-state index contributed by atoms with van der Waals surface area (Å²) in [5.41, 5.74) is 2.67. The van der Waals surface area contributed by atoms with Gasteiger partial charge < -0.3 is 0 Å². The van der Waals surface area contributed by atoms with Gasteiger partial charge in [-0.3, -0.25) is 0 Å². The smallest absolute Gasteiger partial charge is 0.139 e. The molecule has 0 radical (unpaired) electrons. The summed E-state index contributed by atoms with van der Waals surface area (Å²) in [6.07, 6.45) is 5.62. The van der Waals surface area contributed by atoms with E-state index in [0.29, 0.717) is 16.7 Å². The molecule has 0 spiro atoms. The molecule has 0 N–H and O–H groups in total. The third kappa shape index (κ3) is 4.92. The zero-order valence-electron chi connectivity index (χ0n) is 17.6. The zero-order valence-corrected chi connectivity index (χ0v) is 17.6. The molecule has 0 unspecified atom stereocenters. The van der Waals surface area contributed by atoms with Gasteiger partial charge in [-0.2, -0.15) is 0 Å². The van der Waals surface area contributed by atoms with Gasteiger partial charge >= 0.3 is 0 Å². The topological polar surface area (TPSA) is 0 Å². The maximum atomic E-state index is 14.7. The highest BCUT2D eigenvalue weighted by atomic mass is 19.1. The van der Waals surface area contributed by atoms with Crippen LogP contribution in [0.2, 0.25) is 0 Å². The third-order valence-electron chi connectivity index (χ3n) is 5.29. The highest BCUT2D eigenvalue weighted by molar-refractivity contribution is 5.84. The fraction of sp³-hybridized carbons (Fsp3) is 0.103. The molecule has 0 aromatic heterocycles. The van der Waals surface area contributed by atoms with E-state index in [1.165, 1.54) is 24.3 Å². The van der Waals surface area contributed by atoms with E-state index in [2.05, 4.69) is 11.8 Å². The van der Waals surface area contributed by atoms with Gasteiger partial charge in [0.2, 0.25) is 0 Å². The van der Waals surface area contributed by atoms with Crippen LogP contribution in [0, 0.1) is 29.3 Å². The SMILES string of the molecule is C/C=C/CCc1ccc(-c2ccc(C#Cc3ccc4cc(F)ccc4c3)c(F)c2)c(F)c1. The van der Waals surface area contributed by atoms with E-state index in [1.807, 2.05) is 31.2 Å². The van der Waals surface area contributed by atoms with Crippen molar-refractivity contribution in [1.29, 1.82) is 0 Å². The maximum absolute atomic E-state index is 14.7. The molecule has 0 aliphatic carbocycles. The number of aryl methyl sites for hydroxylation is 1. The molecule has 0 atom stereocenters. The molecule has 4 rings (SSSR count). The highest BCUT2D eigenvalue weighted by Crippen LogP contribution is 2.26. The molecule has 0 amide bonds. The van der Waals surface area contributed by atoms with Gasteiger partial charge in [0.15, 0.2) is 0 Å². The third-order valence-corrected chi connectivity index (χ3v) is 5.29. The Balaban J connectivity index is 1.56. The minimum Gasteiger partial charge on any atom is -0.207 e. The predicted octanol–water partition coefficient (Wildman–Crippen LogP) is 7.83. The van der Waals surface area contributed by atoms with Crippen LogP contribution in [-0.2, 0) is 6.42 Å². The van der Waals surface area contributed by atoms with Crippen LogP contribution in [0.15, 0.2) is 84.9 Å². The van der Waals surface area contributed by atoms with Crippen LogP contribution in [0.5, 0.6) is 0 Å². The van der Waals surface area contributed by atoms with Gasteiger partial charge in [0, 0.05) is 11.1 Å². The van der Waals surface area contributed by atoms with Crippen molar-refractivity contribution >= 4 is 10.8 Å². The predicted molar refractivity (Wildman–Crippen MR) is 125 cm³/mol. The lowest BCUT2D eigenvalue weighted by Gasteiger charge is -2.07. The lowest BCUT2D eigenvalue weighted by atomic mass is 10.00. The van der Waals surface area contributed by atoms with Crippen molar-refractivity contribution in [3.05, 3.63) is 119 Å². The van der Waals surface area contributed by atoms with Gasteiger partial charge in [-0.1, -0.05) is 54.3 Å². The Kier molecular flexibility index (Phi) is 6.42. The standard InChI is InChI=1S/C29H21F3/c1-2-3-4-5-20-8-15-27(29(32)17-20)25-12-11-22(28(31)19-25)9-6-21-7-10-24-18-26(30)14-13-23(24)16-21/h2-3,7-8,10-19H,4-5H2,1H3/b3-2+. The van der Waals surface area contributed by atoms with E-state index < -0.39 is 5.82 Å². The largest absolute Gasteiger partial charge is 0.207 e. The molecule has 32 heavy (non-hydrogen) atoms. The van der Waals surface area contributed by atoms with Crippen LogP contribution in [0.1, 0.15) is 30.0 Å². The van der Waals surface area contributed by atoms with E-state index in [-0.39, 0.29) is 17.2 Å². The Morgan fingerprint density at radius 1 is 0.750 bits per heavy atom. The average molecular weight is 426 g/mol. The molecule has 0 aliphatic heterocycles. The lowest BCUT2D eigenvalue weighted by Crippen LogP contribution is -1.92. The first-order valence-electron chi connectivity index (χ1n) is 10.4. The number of hydrogen-bond acceptors (Lipinski definition) is 0. The molecule has 4 aromatic rings. The fourth-order valence-corrected chi connectivity index (χ4v) is 3.58. The van der Waals surface area contributed by atoms with Crippen molar-refractivity contribution in [3.8, 4) is 23.0 Å². The van der Waals surface area contributed by atoms with Crippen LogP contribution in [0.3, 0.4) is 0 Å². The molecule has 158 valence electrons. The number of hydrogen-bond donors (Lipinski definition) is 0. The van der Waals surface area contributed by atoms with Crippen molar-refractivity contribution in [2.75, 3.05) is 0 Å². The summed E-state index contributed by atoms with van der Waals surface area (Å²) in [5, 5.41) is 1.64. The Labute approximate surface area is 186 Å². The fourth-order valence-electron chi connectivity index (χ4n) is 3.58. The highest BCUT2D eigenvalue weighted by Gasteiger charge is 2.09. The van der Waals surface area contributed by atoms with Gasteiger partial charge in [-0.15, -0.1) is 0 Å².